The van der Waals surface area contributed by atoms with E-state index in [4.69, 9.17) is 5.26 Å². The second-order valence-corrected chi connectivity index (χ2v) is 9.02. The van der Waals surface area contributed by atoms with Crippen LogP contribution in [-0.2, 0) is 12.0 Å². The summed E-state index contributed by atoms with van der Waals surface area (Å²) < 4.78 is 28.3. The summed E-state index contributed by atoms with van der Waals surface area (Å²) >= 11 is 0. The molecule has 5 nitrogen and oxygen atoms in total. The van der Waals surface area contributed by atoms with Crippen LogP contribution in [0.1, 0.15) is 29.5 Å². The fraction of sp³-hybridized carbons (Fsp3) is 0.259. The molecule has 0 atom stereocenters. The maximum Gasteiger partial charge on any atom is 0.326 e. The third-order valence-corrected chi connectivity index (χ3v) is 6.94. The van der Waals surface area contributed by atoms with Gasteiger partial charge in [0.25, 0.3) is 0 Å². The van der Waals surface area contributed by atoms with Crippen LogP contribution >= 0.6 is 0 Å². The molecular weight excluding hydrogens is 434 g/mol. The smallest absolute Gasteiger partial charge is 0.305 e. The van der Waals surface area contributed by atoms with Crippen molar-refractivity contribution in [3.63, 3.8) is 0 Å². The van der Waals surface area contributed by atoms with Gasteiger partial charge < -0.3 is 5.32 Å². The lowest BCUT2D eigenvalue weighted by molar-refractivity contribution is 0.160. The van der Waals surface area contributed by atoms with E-state index in [2.05, 4.69) is 16.3 Å². The Labute approximate surface area is 197 Å². The highest BCUT2D eigenvalue weighted by atomic mass is 19.1. The molecule has 0 radical (unpaired) electrons. The van der Waals surface area contributed by atoms with Crippen molar-refractivity contribution in [3.05, 3.63) is 95.1 Å². The van der Waals surface area contributed by atoms with Crippen LogP contribution in [0.15, 0.2) is 66.7 Å². The molecule has 0 unspecified atom stereocenters. The number of halogens is 2. The van der Waals surface area contributed by atoms with Gasteiger partial charge in [0.2, 0.25) is 0 Å². The van der Waals surface area contributed by atoms with Crippen LogP contribution in [-0.4, -0.2) is 30.6 Å². The monoisotopic (exact) mass is 458 g/mol. The average molecular weight is 459 g/mol. The number of nitrogens with one attached hydrogen (secondary N) is 1. The third kappa shape index (κ3) is 4.13. The summed E-state index contributed by atoms with van der Waals surface area (Å²) in [6.45, 7) is 2.81. The van der Waals surface area contributed by atoms with Gasteiger partial charge in [-0.3, -0.25) is 9.80 Å². The van der Waals surface area contributed by atoms with Crippen molar-refractivity contribution in [2.45, 2.75) is 24.8 Å². The third-order valence-electron chi connectivity index (χ3n) is 6.94. The SMILES string of the molecule is N#Cc1ccc(CN2CCC3(CC2)CN(C(=O)Nc2ccccc2F)c2ccc(F)cc23)cc1. The Hall–Kier alpha value is -3.76. The molecule has 1 N–H and O–H groups in total. The number of carbonyl (C=O) groups excluding carboxylic acids is 1. The Morgan fingerprint density at radius 3 is 2.47 bits per heavy atom. The summed E-state index contributed by atoms with van der Waals surface area (Å²) in [5.41, 5.74) is 3.07. The number of benzene rings is 3. The summed E-state index contributed by atoms with van der Waals surface area (Å²) in [5, 5.41) is 11.7. The van der Waals surface area contributed by atoms with Gasteiger partial charge in [0, 0.05) is 24.2 Å². The first-order valence-corrected chi connectivity index (χ1v) is 11.3. The van der Waals surface area contributed by atoms with E-state index in [-0.39, 0.29) is 16.9 Å². The molecule has 2 aliphatic heterocycles. The quantitative estimate of drug-likeness (QED) is 0.570. The number of carbonyl (C=O) groups is 1. The van der Waals surface area contributed by atoms with Gasteiger partial charge in [0.05, 0.1) is 17.3 Å². The Morgan fingerprint density at radius 1 is 1.03 bits per heavy atom. The number of fused-ring (bicyclic) bond motifs is 2. The number of likely N-dealkylation sites (tertiary alicyclic amines) is 1. The Bertz CT molecular complexity index is 1260. The van der Waals surface area contributed by atoms with Gasteiger partial charge >= 0.3 is 6.03 Å². The molecule has 3 aromatic carbocycles. The molecule has 3 aromatic rings. The molecule has 172 valence electrons. The lowest BCUT2D eigenvalue weighted by atomic mass is 9.74. The predicted molar refractivity (Wildman–Crippen MR) is 127 cm³/mol. The van der Waals surface area contributed by atoms with E-state index < -0.39 is 11.8 Å². The van der Waals surface area contributed by atoms with Crippen LogP contribution in [0.5, 0.6) is 0 Å². The second kappa shape index (κ2) is 8.88. The zero-order chi connectivity index (χ0) is 23.7. The van der Waals surface area contributed by atoms with Gasteiger partial charge in [-0.2, -0.15) is 5.26 Å². The van der Waals surface area contributed by atoms with Crippen LogP contribution < -0.4 is 10.2 Å². The fourth-order valence-corrected chi connectivity index (χ4v) is 5.08. The number of nitrogens with zero attached hydrogens (tertiary/aromatic N) is 3. The number of hydrogen-bond acceptors (Lipinski definition) is 3. The highest BCUT2D eigenvalue weighted by Gasteiger charge is 2.46. The first kappa shape index (κ1) is 22.1. The van der Waals surface area contributed by atoms with Gasteiger partial charge in [-0.05, 0) is 79.5 Å². The van der Waals surface area contributed by atoms with Crippen LogP contribution in [0, 0.1) is 23.0 Å². The van der Waals surface area contributed by atoms with Crippen LogP contribution in [0.3, 0.4) is 0 Å². The van der Waals surface area contributed by atoms with Crippen LogP contribution in [0.2, 0.25) is 0 Å². The van der Waals surface area contributed by atoms with Gasteiger partial charge in [0.1, 0.15) is 11.6 Å². The predicted octanol–water partition coefficient (Wildman–Crippen LogP) is 5.42. The number of nitriles is 1. The molecule has 2 aliphatic rings. The van der Waals surface area contributed by atoms with Gasteiger partial charge in [-0.25, -0.2) is 13.6 Å². The van der Waals surface area contributed by atoms with Crippen molar-refractivity contribution in [3.8, 4) is 6.07 Å². The van der Waals surface area contributed by atoms with Crippen molar-refractivity contribution >= 4 is 17.4 Å². The summed E-state index contributed by atoms with van der Waals surface area (Å²) in [7, 11) is 0. The largest absolute Gasteiger partial charge is 0.326 e. The number of piperidine rings is 1. The standard InChI is InChI=1S/C27H24F2N4O/c28-21-9-10-25-22(15-21)27(18-33(25)26(34)31-24-4-2-1-3-23(24)29)11-13-32(14-12-27)17-20-7-5-19(16-30)6-8-20/h1-10,15H,11-14,17-18H2,(H,31,34). The maximum absolute atomic E-state index is 14.3. The van der Waals surface area contributed by atoms with E-state index in [0.29, 0.717) is 17.8 Å². The van der Waals surface area contributed by atoms with Crippen molar-refractivity contribution in [2.75, 3.05) is 29.9 Å². The molecular formula is C27H24F2N4O. The highest BCUT2D eigenvalue weighted by Crippen LogP contribution is 2.47. The van der Waals surface area contributed by atoms with E-state index in [0.717, 1.165) is 43.6 Å². The Morgan fingerprint density at radius 2 is 1.76 bits per heavy atom. The first-order chi connectivity index (χ1) is 16.5. The minimum Gasteiger partial charge on any atom is -0.305 e. The molecule has 0 aliphatic carbocycles. The molecule has 34 heavy (non-hydrogen) atoms. The second-order valence-electron chi connectivity index (χ2n) is 9.02. The topological polar surface area (TPSA) is 59.4 Å². The van der Waals surface area contributed by atoms with Crippen molar-refractivity contribution in [1.29, 1.82) is 5.26 Å². The fourth-order valence-electron chi connectivity index (χ4n) is 5.08. The number of para-hydroxylation sites is 1. The summed E-state index contributed by atoms with van der Waals surface area (Å²) in [6.07, 6.45) is 1.56. The average Bonchev–Trinajstić information content (AvgIpc) is 3.16. The minimum atomic E-state index is -0.500. The van der Waals surface area contributed by atoms with Gasteiger partial charge in [-0.15, -0.1) is 0 Å². The molecule has 0 bridgehead atoms. The van der Waals surface area contributed by atoms with E-state index in [1.807, 2.05) is 24.3 Å². The van der Waals surface area contributed by atoms with E-state index >= 15 is 0 Å². The molecule has 1 spiro atoms. The van der Waals surface area contributed by atoms with Crippen molar-refractivity contribution in [1.82, 2.24) is 4.90 Å². The summed E-state index contributed by atoms with van der Waals surface area (Å²) in [5.74, 6) is -0.824. The van der Waals surface area contributed by atoms with Crippen molar-refractivity contribution in [2.24, 2.45) is 0 Å². The van der Waals surface area contributed by atoms with Gasteiger partial charge in [0.15, 0.2) is 0 Å². The molecule has 2 heterocycles. The molecule has 1 fully saturated rings. The molecule has 5 rings (SSSR count). The number of rotatable bonds is 3. The molecule has 2 amide bonds. The van der Waals surface area contributed by atoms with Gasteiger partial charge in [-0.1, -0.05) is 24.3 Å². The lowest BCUT2D eigenvalue weighted by Crippen LogP contribution is -2.46. The van der Waals surface area contributed by atoms with Crippen molar-refractivity contribution < 1.29 is 13.6 Å². The molecule has 1 saturated heterocycles. The Balaban J connectivity index is 1.33. The molecule has 7 heteroatoms. The number of amides is 2. The van der Waals surface area contributed by atoms with Crippen LogP contribution in [0.25, 0.3) is 0 Å². The number of urea groups is 1. The lowest BCUT2D eigenvalue weighted by Gasteiger charge is -2.40. The van der Waals surface area contributed by atoms with E-state index in [1.54, 1.807) is 29.2 Å². The minimum absolute atomic E-state index is 0.120. The zero-order valence-electron chi connectivity index (χ0n) is 18.6. The number of hydrogen-bond donors (Lipinski definition) is 1. The molecule has 0 saturated carbocycles. The summed E-state index contributed by atoms with van der Waals surface area (Å²) in [4.78, 5) is 17.1. The zero-order valence-corrected chi connectivity index (χ0v) is 18.6. The summed E-state index contributed by atoms with van der Waals surface area (Å²) in [6, 6.07) is 19.9. The highest BCUT2D eigenvalue weighted by molar-refractivity contribution is 6.03. The number of anilines is 2. The van der Waals surface area contributed by atoms with E-state index in [9.17, 15) is 13.6 Å². The molecule has 0 aromatic heterocycles. The first-order valence-electron chi connectivity index (χ1n) is 11.3. The Kier molecular flexibility index (Phi) is 5.76. The maximum atomic E-state index is 14.3. The van der Waals surface area contributed by atoms with E-state index in [1.165, 1.54) is 18.2 Å². The van der Waals surface area contributed by atoms with Crippen LogP contribution in [0.4, 0.5) is 25.0 Å². The normalized spacial score (nSPS) is 16.8.